The third-order valence-corrected chi connectivity index (χ3v) is 7.92. The number of halogens is 4. The summed E-state index contributed by atoms with van der Waals surface area (Å²) in [6.45, 7) is 4.16. The molecule has 2 aliphatic heterocycles. The molecule has 0 bridgehead atoms. The van der Waals surface area contributed by atoms with E-state index in [0.717, 1.165) is 28.6 Å². The summed E-state index contributed by atoms with van der Waals surface area (Å²) in [5.74, 6) is -0.648. The number of hydrogen-bond donors (Lipinski definition) is 1. The standard InChI is InChI=1S/C26H25BrClF2N3O4/c1-13(2)32-23-18(17-7-8-20(24(17)32)33-21(34)9-10-22(33)35)11-14(12-19(23)27)25(36)31-15-3-5-16(6-4-15)37-26(28,29)30/h3-6,11-13,17,20,24H,7-10H2,1-2H3,(H,31,36). The Hall–Kier alpha value is -2.72. The van der Waals surface area contributed by atoms with Gasteiger partial charge in [-0.05, 0) is 84.6 Å². The summed E-state index contributed by atoms with van der Waals surface area (Å²) in [5, 5.41) is 2.78. The molecule has 7 nitrogen and oxygen atoms in total. The molecule has 11 heteroatoms. The molecular formula is C26H25BrClF2N3O4. The zero-order chi connectivity index (χ0) is 26.6. The van der Waals surface area contributed by atoms with Crippen molar-refractivity contribution in [2.45, 2.75) is 69.1 Å². The van der Waals surface area contributed by atoms with E-state index in [4.69, 9.17) is 11.6 Å². The highest BCUT2D eigenvalue weighted by molar-refractivity contribution is 9.10. The average Bonchev–Trinajstić information content (AvgIpc) is 3.47. The maximum absolute atomic E-state index is 13.1. The topological polar surface area (TPSA) is 79.0 Å². The molecule has 1 saturated carbocycles. The summed E-state index contributed by atoms with van der Waals surface area (Å²) in [6.07, 6.45) is 2.04. The van der Waals surface area contributed by atoms with Gasteiger partial charge >= 0.3 is 5.57 Å². The summed E-state index contributed by atoms with van der Waals surface area (Å²) in [5.41, 5.74) is -1.00. The second-order valence-electron chi connectivity index (χ2n) is 9.82. The highest BCUT2D eigenvalue weighted by Gasteiger charge is 2.53. The highest BCUT2D eigenvalue weighted by Crippen LogP contribution is 2.54. The van der Waals surface area contributed by atoms with Crippen LogP contribution in [-0.2, 0) is 9.59 Å². The van der Waals surface area contributed by atoms with E-state index in [1.165, 1.54) is 29.2 Å². The number of carbonyl (C=O) groups is 3. The van der Waals surface area contributed by atoms with Gasteiger partial charge in [-0.2, -0.15) is 0 Å². The van der Waals surface area contributed by atoms with Crippen molar-refractivity contribution < 1.29 is 27.9 Å². The normalized spacial score (nSPS) is 23.1. The van der Waals surface area contributed by atoms with Gasteiger partial charge in [-0.1, -0.05) is 0 Å². The number of benzene rings is 2. The number of amides is 3. The minimum Gasteiger partial charge on any atom is -0.420 e. The van der Waals surface area contributed by atoms with Gasteiger partial charge in [-0.15, -0.1) is 8.78 Å². The fraction of sp³-hybridized carbons (Fsp3) is 0.423. The van der Waals surface area contributed by atoms with Crippen molar-refractivity contribution in [3.05, 3.63) is 52.0 Å². The molecule has 3 unspecified atom stereocenters. The predicted octanol–water partition coefficient (Wildman–Crippen LogP) is 5.86. The number of rotatable bonds is 6. The second kappa shape index (κ2) is 9.54. The number of carbonyl (C=O) groups excluding carboxylic acids is 3. The lowest BCUT2D eigenvalue weighted by molar-refractivity contribution is -0.141. The average molecular weight is 597 g/mol. The van der Waals surface area contributed by atoms with Crippen LogP contribution >= 0.6 is 27.5 Å². The summed E-state index contributed by atoms with van der Waals surface area (Å²) in [4.78, 5) is 42.0. The molecule has 2 aromatic rings. The molecule has 37 heavy (non-hydrogen) atoms. The lowest BCUT2D eigenvalue weighted by atomic mass is 9.95. The molecule has 1 aliphatic carbocycles. The number of anilines is 2. The van der Waals surface area contributed by atoms with E-state index in [1.54, 1.807) is 6.07 Å². The number of hydrogen-bond acceptors (Lipinski definition) is 5. The monoisotopic (exact) mass is 595 g/mol. The number of likely N-dealkylation sites (tertiary alicyclic amines) is 1. The molecule has 3 aliphatic rings. The van der Waals surface area contributed by atoms with Crippen LogP contribution in [0.25, 0.3) is 0 Å². The zero-order valence-electron chi connectivity index (χ0n) is 20.1. The van der Waals surface area contributed by atoms with Crippen molar-refractivity contribution in [3.63, 3.8) is 0 Å². The molecule has 196 valence electrons. The van der Waals surface area contributed by atoms with Crippen LogP contribution in [-0.4, -0.2) is 46.3 Å². The Morgan fingerprint density at radius 3 is 2.38 bits per heavy atom. The number of nitrogens with zero attached hydrogens (tertiary/aromatic N) is 2. The molecule has 2 fully saturated rings. The van der Waals surface area contributed by atoms with Crippen LogP contribution in [0.15, 0.2) is 40.9 Å². The van der Waals surface area contributed by atoms with Crippen LogP contribution < -0.4 is 15.0 Å². The van der Waals surface area contributed by atoms with Crippen molar-refractivity contribution in [2.75, 3.05) is 10.2 Å². The van der Waals surface area contributed by atoms with Gasteiger partial charge in [0.25, 0.3) is 5.91 Å². The van der Waals surface area contributed by atoms with Crippen molar-refractivity contribution in [3.8, 4) is 5.75 Å². The smallest absolute Gasteiger partial charge is 0.420 e. The maximum atomic E-state index is 13.1. The van der Waals surface area contributed by atoms with E-state index < -0.39 is 5.57 Å². The fourth-order valence-corrected chi connectivity index (χ4v) is 6.69. The lowest BCUT2D eigenvalue weighted by Gasteiger charge is -2.38. The molecule has 3 amide bonds. The first-order valence-electron chi connectivity index (χ1n) is 12.1. The summed E-state index contributed by atoms with van der Waals surface area (Å²) in [7, 11) is 0. The van der Waals surface area contributed by atoms with Crippen molar-refractivity contribution >= 4 is 56.6 Å². The third-order valence-electron chi connectivity index (χ3n) is 7.24. The summed E-state index contributed by atoms with van der Waals surface area (Å²) < 4.78 is 30.7. The van der Waals surface area contributed by atoms with E-state index in [-0.39, 0.29) is 60.4 Å². The maximum Gasteiger partial charge on any atom is 0.487 e. The van der Waals surface area contributed by atoms with Crippen LogP contribution in [0.4, 0.5) is 20.2 Å². The van der Waals surface area contributed by atoms with Crippen LogP contribution in [0, 0.1) is 0 Å². The molecule has 2 heterocycles. The predicted molar refractivity (Wildman–Crippen MR) is 138 cm³/mol. The van der Waals surface area contributed by atoms with Gasteiger partial charge in [0.15, 0.2) is 0 Å². The Kier molecular flexibility index (Phi) is 6.68. The Bertz CT molecular complexity index is 1250. The molecule has 5 rings (SSSR count). The number of nitrogens with one attached hydrogen (secondary N) is 1. The first-order chi connectivity index (χ1) is 17.4. The number of imide groups is 1. The first kappa shape index (κ1) is 25.9. The number of alkyl halides is 3. The van der Waals surface area contributed by atoms with Gasteiger partial charge in [-0.25, -0.2) is 0 Å². The van der Waals surface area contributed by atoms with Gasteiger partial charge in [0.05, 0.1) is 17.8 Å². The molecule has 2 aromatic carbocycles. The minimum atomic E-state index is -3.82. The van der Waals surface area contributed by atoms with E-state index in [2.05, 4.69) is 44.7 Å². The van der Waals surface area contributed by atoms with Crippen molar-refractivity contribution in [1.29, 1.82) is 0 Å². The lowest BCUT2D eigenvalue weighted by Crippen LogP contribution is -2.52. The second-order valence-corrected chi connectivity index (χ2v) is 11.1. The van der Waals surface area contributed by atoms with Gasteiger partial charge in [0.2, 0.25) is 11.8 Å². The first-order valence-corrected chi connectivity index (χ1v) is 13.3. The molecule has 3 atom stereocenters. The Morgan fingerprint density at radius 1 is 1.14 bits per heavy atom. The van der Waals surface area contributed by atoms with E-state index in [9.17, 15) is 23.2 Å². The van der Waals surface area contributed by atoms with Crippen LogP contribution in [0.5, 0.6) is 5.75 Å². The van der Waals surface area contributed by atoms with Gasteiger partial charge in [0.1, 0.15) is 5.75 Å². The molecule has 0 spiro atoms. The van der Waals surface area contributed by atoms with Crippen LogP contribution in [0.1, 0.15) is 61.4 Å². The molecular weight excluding hydrogens is 572 g/mol. The highest BCUT2D eigenvalue weighted by atomic mass is 79.9. The van der Waals surface area contributed by atoms with Crippen molar-refractivity contribution in [1.82, 2.24) is 4.90 Å². The minimum absolute atomic E-state index is 0.0526. The number of fused-ring (bicyclic) bond motifs is 3. The summed E-state index contributed by atoms with van der Waals surface area (Å²) in [6, 6.07) is 8.94. The van der Waals surface area contributed by atoms with Crippen molar-refractivity contribution in [2.24, 2.45) is 0 Å². The molecule has 1 N–H and O–H groups in total. The third kappa shape index (κ3) is 4.81. The van der Waals surface area contributed by atoms with Crippen LogP contribution in [0.3, 0.4) is 0 Å². The Balaban J connectivity index is 1.41. The molecule has 1 saturated heterocycles. The van der Waals surface area contributed by atoms with Gasteiger partial charge in [0, 0.05) is 52.1 Å². The van der Waals surface area contributed by atoms with E-state index >= 15 is 0 Å². The largest absolute Gasteiger partial charge is 0.487 e. The zero-order valence-corrected chi connectivity index (χ0v) is 22.5. The molecule has 0 radical (unpaired) electrons. The van der Waals surface area contributed by atoms with E-state index in [1.807, 2.05) is 6.07 Å². The molecule has 0 aromatic heterocycles. The van der Waals surface area contributed by atoms with Gasteiger partial charge in [-0.3, -0.25) is 19.3 Å². The Morgan fingerprint density at radius 2 is 1.78 bits per heavy atom. The number of ether oxygens (including phenoxy) is 1. The Labute approximate surface area is 226 Å². The quantitative estimate of drug-likeness (QED) is 0.334. The summed E-state index contributed by atoms with van der Waals surface area (Å²) >= 11 is 8.46. The van der Waals surface area contributed by atoms with Crippen LogP contribution in [0.2, 0.25) is 0 Å². The van der Waals surface area contributed by atoms with Gasteiger partial charge < -0.3 is 15.0 Å². The van der Waals surface area contributed by atoms with E-state index in [0.29, 0.717) is 11.3 Å². The SMILES string of the molecule is CC(C)N1c2c(Br)cc(C(=O)Nc3ccc(OC(F)(F)Cl)cc3)cc2C2CCC(N3C(=O)CCC3=O)C21. The fourth-order valence-electron chi connectivity index (χ4n) is 5.93.